The van der Waals surface area contributed by atoms with Gasteiger partial charge in [0.15, 0.2) is 0 Å². The number of nitrogens with one attached hydrogen (secondary N) is 2. The van der Waals surface area contributed by atoms with Crippen LogP contribution >= 0.6 is 15.9 Å². The molecule has 0 saturated heterocycles. The largest absolute Gasteiger partial charge is 0.368 e. The Morgan fingerprint density at radius 1 is 1.69 bits per heavy atom. The first-order valence-corrected chi connectivity index (χ1v) is 5.55. The van der Waals surface area contributed by atoms with E-state index in [9.17, 15) is 10.1 Å². The van der Waals surface area contributed by atoms with E-state index in [4.69, 9.17) is 0 Å². The maximum Gasteiger partial charge on any atom is 0.288 e. The zero-order valence-corrected chi connectivity index (χ0v) is 10.6. The number of nitrogens with zero attached hydrogens (tertiary/aromatic N) is 2. The van der Waals surface area contributed by atoms with Crippen LogP contribution in [0.1, 0.15) is 6.92 Å². The Morgan fingerprint density at radius 3 is 2.88 bits per heavy atom. The van der Waals surface area contributed by atoms with E-state index >= 15 is 0 Å². The number of aromatic nitrogens is 1. The molecule has 6 nitrogen and oxygen atoms in total. The van der Waals surface area contributed by atoms with E-state index in [1.54, 1.807) is 0 Å². The van der Waals surface area contributed by atoms with Gasteiger partial charge in [0.25, 0.3) is 5.69 Å². The van der Waals surface area contributed by atoms with Crippen LogP contribution < -0.4 is 10.6 Å². The summed E-state index contributed by atoms with van der Waals surface area (Å²) < 4.78 is 0.588. The third-order valence-corrected chi connectivity index (χ3v) is 2.71. The number of nitro groups is 1. The summed E-state index contributed by atoms with van der Waals surface area (Å²) in [7, 11) is 1.87. The zero-order valence-electron chi connectivity index (χ0n) is 9.03. The molecule has 7 heteroatoms. The summed E-state index contributed by atoms with van der Waals surface area (Å²) in [5.74, 6) is 0.604. The summed E-state index contributed by atoms with van der Waals surface area (Å²) in [6.07, 6.45) is 1.23. The highest BCUT2D eigenvalue weighted by Gasteiger charge is 2.10. The van der Waals surface area contributed by atoms with Crippen molar-refractivity contribution in [2.45, 2.75) is 13.0 Å². The van der Waals surface area contributed by atoms with Crippen molar-refractivity contribution in [3.8, 4) is 0 Å². The molecular formula is C9H13BrN4O2. The number of likely N-dealkylation sites (N-methyl/N-ethyl adjacent to an activating group) is 1. The second-order valence-electron chi connectivity index (χ2n) is 3.35. The molecule has 0 aliphatic rings. The Balaban J connectivity index is 2.72. The normalized spacial score (nSPS) is 12.2. The molecule has 0 saturated carbocycles. The number of pyridine rings is 1. The summed E-state index contributed by atoms with van der Waals surface area (Å²) >= 11 is 3.24. The van der Waals surface area contributed by atoms with Crippen LogP contribution in [0.5, 0.6) is 0 Å². The minimum Gasteiger partial charge on any atom is -0.368 e. The molecule has 88 valence electrons. The van der Waals surface area contributed by atoms with E-state index in [1.165, 1.54) is 12.3 Å². The number of rotatable bonds is 5. The molecule has 0 fully saturated rings. The van der Waals surface area contributed by atoms with Gasteiger partial charge in [-0.1, -0.05) is 0 Å². The van der Waals surface area contributed by atoms with Gasteiger partial charge in [0.1, 0.15) is 12.0 Å². The van der Waals surface area contributed by atoms with Crippen molar-refractivity contribution < 1.29 is 4.92 Å². The predicted octanol–water partition coefficient (Wildman–Crippen LogP) is 1.77. The van der Waals surface area contributed by atoms with Gasteiger partial charge in [-0.25, -0.2) is 4.98 Å². The lowest BCUT2D eigenvalue weighted by Crippen LogP contribution is -2.29. The number of halogens is 1. The van der Waals surface area contributed by atoms with Crippen LogP contribution in [0.3, 0.4) is 0 Å². The Bertz CT molecular complexity index is 386. The van der Waals surface area contributed by atoms with Crippen LogP contribution in [-0.2, 0) is 0 Å². The lowest BCUT2D eigenvalue weighted by atomic mass is 10.3. The highest BCUT2D eigenvalue weighted by Crippen LogP contribution is 2.24. The molecule has 0 aromatic carbocycles. The molecule has 0 radical (unpaired) electrons. The van der Waals surface area contributed by atoms with Gasteiger partial charge in [0.2, 0.25) is 0 Å². The van der Waals surface area contributed by atoms with E-state index in [0.717, 1.165) is 0 Å². The third-order valence-electron chi connectivity index (χ3n) is 2.11. The average molecular weight is 289 g/mol. The van der Waals surface area contributed by atoms with Gasteiger partial charge in [-0.05, 0) is 29.9 Å². The van der Waals surface area contributed by atoms with Crippen molar-refractivity contribution in [2.75, 3.05) is 18.9 Å². The second kappa shape index (κ2) is 5.76. The fraction of sp³-hybridized carbons (Fsp3) is 0.444. The molecule has 0 amide bonds. The fourth-order valence-electron chi connectivity index (χ4n) is 1.01. The van der Waals surface area contributed by atoms with E-state index in [2.05, 4.69) is 31.5 Å². The van der Waals surface area contributed by atoms with Gasteiger partial charge in [0, 0.05) is 18.7 Å². The molecule has 1 aromatic heterocycles. The summed E-state index contributed by atoms with van der Waals surface area (Å²) in [4.78, 5) is 14.0. The first-order chi connectivity index (χ1) is 7.54. The van der Waals surface area contributed by atoms with Crippen molar-refractivity contribution in [1.82, 2.24) is 10.3 Å². The average Bonchev–Trinajstić information content (AvgIpc) is 2.26. The van der Waals surface area contributed by atoms with E-state index in [1.807, 2.05) is 14.0 Å². The summed E-state index contributed by atoms with van der Waals surface area (Å²) in [6.45, 7) is 2.71. The minimum absolute atomic E-state index is 0.0286. The second-order valence-corrected chi connectivity index (χ2v) is 4.21. The molecule has 0 bridgehead atoms. The molecule has 1 rings (SSSR count). The molecule has 0 aliphatic heterocycles. The molecule has 0 spiro atoms. The maximum atomic E-state index is 10.5. The van der Waals surface area contributed by atoms with Crippen LogP contribution in [0, 0.1) is 10.1 Å². The van der Waals surface area contributed by atoms with E-state index < -0.39 is 4.92 Å². The quantitative estimate of drug-likeness (QED) is 0.638. The molecule has 0 aliphatic carbocycles. The minimum atomic E-state index is -0.474. The lowest BCUT2D eigenvalue weighted by Gasteiger charge is -2.12. The first-order valence-electron chi connectivity index (χ1n) is 4.75. The van der Waals surface area contributed by atoms with Crippen molar-refractivity contribution in [1.29, 1.82) is 0 Å². The SMILES string of the molecule is CNC(C)CNc1ncc([N+](=O)[O-])cc1Br. The van der Waals surface area contributed by atoms with Crippen molar-refractivity contribution in [2.24, 2.45) is 0 Å². The highest BCUT2D eigenvalue weighted by molar-refractivity contribution is 9.10. The topological polar surface area (TPSA) is 80.1 Å². The van der Waals surface area contributed by atoms with Crippen LogP contribution in [0.4, 0.5) is 11.5 Å². The van der Waals surface area contributed by atoms with Crippen LogP contribution in [0.25, 0.3) is 0 Å². The summed E-state index contributed by atoms with van der Waals surface area (Å²) in [5, 5.41) is 16.6. The predicted molar refractivity (Wildman–Crippen MR) is 65.6 cm³/mol. The number of hydrogen-bond acceptors (Lipinski definition) is 5. The monoisotopic (exact) mass is 288 g/mol. The van der Waals surface area contributed by atoms with E-state index in [-0.39, 0.29) is 5.69 Å². The first kappa shape index (κ1) is 12.9. The Morgan fingerprint density at radius 2 is 2.38 bits per heavy atom. The van der Waals surface area contributed by atoms with Crippen LogP contribution in [0.15, 0.2) is 16.7 Å². The summed E-state index contributed by atoms with van der Waals surface area (Å²) in [6, 6.07) is 1.73. The smallest absolute Gasteiger partial charge is 0.288 e. The lowest BCUT2D eigenvalue weighted by molar-refractivity contribution is -0.385. The number of hydrogen-bond donors (Lipinski definition) is 2. The molecule has 1 heterocycles. The molecule has 16 heavy (non-hydrogen) atoms. The molecule has 1 atom stereocenters. The standard InChI is InChI=1S/C9H13BrN4O2/c1-6(11-2)4-12-9-8(10)3-7(5-13-9)14(15)16/h3,5-6,11H,4H2,1-2H3,(H,12,13). The van der Waals surface area contributed by atoms with Gasteiger partial charge in [-0.3, -0.25) is 10.1 Å². The summed E-state index contributed by atoms with van der Waals surface area (Å²) in [5.41, 5.74) is -0.0286. The third kappa shape index (κ3) is 3.42. The Kier molecular flexibility index (Phi) is 4.63. The Labute approximate surface area is 102 Å². The molecule has 1 unspecified atom stereocenters. The Hall–Kier alpha value is -1.21. The maximum absolute atomic E-state index is 10.5. The van der Waals surface area contributed by atoms with Gasteiger partial charge >= 0.3 is 0 Å². The van der Waals surface area contributed by atoms with Gasteiger partial charge < -0.3 is 10.6 Å². The van der Waals surface area contributed by atoms with Crippen molar-refractivity contribution in [3.05, 3.63) is 26.9 Å². The van der Waals surface area contributed by atoms with Crippen LogP contribution in [0.2, 0.25) is 0 Å². The van der Waals surface area contributed by atoms with Crippen LogP contribution in [-0.4, -0.2) is 29.5 Å². The van der Waals surface area contributed by atoms with Gasteiger partial charge in [-0.15, -0.1) is 0 Å². The zero-order chi connectivity index (χ0) is 12.1. The number of anilines is 1. The van der Waals surface area contributed by atoms with Gasteiger partial charge in [-0.2, -0.15) is 0 Å². The fourth-order valence-corrected chi connectivity index (χ4v) is 1.49. The van der Waals surface area contributed by atoms with Gasteiger partial charge in [0.05, 0.1) is 9.40 Å². The molecule has 2 N–H and O–H groups in total. The van der Waals surface area contributed by atoms with Crippen molar-refractivity contribution >= 4 is 27.4 Å². The highest BCUT2D eigenvalue weighted by atomic mass is 79.9. The van der Waals surface area contributed by atoms with E-state index in [0.29, 0.717) is 22.9 Å². The van der Waals surface area contributed by atoms with Crippen molar-refractivity contribution in [3.63, 3.8) is 0 Å². The molecular weight excluding hydrogens is 276 g/mol. The molecule has 1 aromatic rings.